The van der Waals surface area contributed by atoms with Gasteiger partial charge in [-0.2, -0.15) is 0 Å². The Morgan fingerprint density at radius 1 is 1.26 bits per heavy atom. The van der Waals surface area contributed by atoms with Crippen molar-refractivity contribution >= 4 is 29.3 Å². The number of aryl methyl sites for hydroxylation is 1. The number of piperidine rings is 1. The molecule has 2 N–H and O–H groups in total. The van der Waals surface area contributed by atoms with Gasteiger partial charge in [0, 0.05) is 24.5 Å². The monoisotopic (exact) mass is 447 g/mol. The number of hydrogen-bond donors (Lipinski definition) is 2. The quantitative estimate of drug-likeness (QED) is 0.501. The number of nitrogens with one attached hydrogen (secondary N) is 2. The van der Waals surface area contributed by atoms with Crippen LogP contribution in [0, 0.1) is 12.8 Å². The summed E-state index contributed by atoms with van der Waals surface area (Å²) in [6.45, 7) is 3.13. The van der Waals surface area contributed by atoms with Gasteiger partial charge in [-0.05, 0) is 62.1 Å². The van der Waals surface area contributed by atoms with Crippen molar-refractivity contribution in [2.75, 3.05) is 19.7 Å². The van der Waals surface area contributed by atoms with Gasteiger partial charge in [0.25, 0.3) is 5.91 Å². The molecule has 3 amide bonds. The van der Waals surface area contributed by atoms with Crippen LogP contribution in [0.25, 0.3) is 0 Å². The lowest BCUT2D eigenvalue weighted by Gasteiger charge is -2.31. The van der Waals surface area contributed by atoms with E-state index in [2.05, 4.69) is 10.9 Å². The molecule has 31 heavy (non-hydrogen) atoms. The van der Waals surface area contributed by atoms with Gasteiger partial charge in [-0.3, -0.25) is 25.2 Å². The maximum absolute atomic E-state index is 12.4. The lowest BCUT2D eigenvalue weighted by atomic mass is 9.97. The van der Waals surface area contributed by atoms with Crippen LogP contribution in [0.3, 0.4) is 0 Å². The standard InChI is InChI=1S/C22H26ClN3O5/c1-15-13-17(23)8-9-18(15)30-12-4-7-20(27)24-25-21(28)16-5-2-10-26(14-16)22(29)19-6-3-11-31-19/h3,6,8-9,11,13,16H,2,4-5,7,10,12,14H2,1H3,(H,24,27)(H,25,28). The summed E-state index contributed by atoms with van der Waals surface area (Å²) in [5.74, 6) is -0.247. The Balaban J connectivity index is 1.35. The van der Waals surface area contributed by atoms with Gasteiger partial charge in [0.2, 0.25) is 11.8 Å². The molecule has 1 aromatic heterocycles. The van der Waals surface area contributed by atoms with E-state index in [0.717, 1.165) is 11.3 Å². The highest BCUT2D eigenvalue weighted by molar-refractivity contribution is 6.30. The van der Waals surface area contributed by atoms with Crippen molar-refractivity contribution in [1.29, 1.82) is 0 Å². The van der Waals surface area contributed by atoms with Crippen LogP contribution < -0.4 is 15.6 Å². The minimum absolute atomic E-state index is 0.209. The van der Waals surface area contributed by atoms with Gasteiger partial charge in [0.05, 0.1) is 18.8 Å². The molecule has 0 saturated carbocycles. The molecule has 0 aliphatic carbocycles. The van der Waals surface area contributed by atoms with Crippen LogP contribution in [0.4, 0.5) is 0 Å². The summed E-state index contributed by atoms with van der Waals surface area (Å²) in [6, 6.07) is 8.61. The number of hydrazine groups is 1. The Hall–Kier alpha value is -3.00. The zero-order valence-corrected chi connectivity index (χ0v) is 18.1. The predicted octanol–water partition coefficient (Wildman–Crippen LogP) is 3.10. The van der Waals surface area contributed by atoms with E-state index in [1.54, 1.807) is 29.2 Å². The first-order valence-electron chi connectivity index (χ1n) is 10.2. The number of benzene rings is 1. The van der Waals surface area contributed by atoms with Gasteiger partial charge < -0.3 is 14.1 Å². The Morgan fingerprint density at radius 3 is 2.84 bits per heavy atom. The molecular weight excluding hydrogens is 422 g/mol. The second-order valence-electron chi connectivity index (χ2n) is 7.47. The Kier molecular flexibility index (Phi) is 7.94. The highest BCUT2D eigenvalue weighted by Gasteiger charge is 2.30. The number of furan rings is 1. The molecule has 1 aliphatic rings. The molecular formula is C22H26ClN3O5. The first-order chi connectivity index (χ1) is 14.9. The van der Waals surface area contributed by atoms with Gasteiger partial charge in [-0.15, -0.1) is 0 Å². The van der Waals surface area contributed by atoms with Crippen LogP contribution >= 0.6 is 11.6 Å². The number of nitrogens with zero attached hydrogens (tertiary/aromatic N) is 1. The van der Waals surface area contributed by atoms with E-state index in [-0.39, 0.29) is 42.4 Å². The smallest absolute Gasteiger partial charge is 0.289 e. The minimum atomic E-state index is -0.385. The molecule has 9 heteroatoms. The average Bonchev–Trinajstić information content (AvgIpc) is 3.30. The molecule has 0 bridgehead atoms. The number of hydrogen-bond acceptors (Lipinski definition) is 5. The lowest BCUT2D eigenvalue weighted by molar-refractivity contribution is -0.132. The summed E-state index contributed by atoms with van der Waals surface area (Å²) >= 11 is 5.92. The maximum atomic E-state index is 12.4. The SMILES string of the molecule is Cc1cc(Cl)ccc1OCCCC(=O)NNC(=O)C1CCCN(C(=O)c2ccco2)C1. The number of halogens is 1. The van der Waals surface area contributed by atoms with Gasteiger partial charge in [0.1, 0.15) is 5.75 Å². The van der Waals surface area contributed by atoms with Crippen molar-refractivity contribution in [3.8, 4) is 5.75 Å². The minimum Gasteiger partial charge on any atom is -0.493 e. The average molecular weight is 448 g/mol. The van der Waals surface area contributed by atoms with Gasteiger partial charge in [-0.1, -0.05) is 11.6 Å². The van der Waals surface area contributed by atoms with Crippen LogP contribution in [0.15, 0.2) is 41.0 Å². The van der Waals surface area contributed by atoms with Crippen LogP contribution in [0.1, 0.15) is 41.8 Å². The molecule has 166 valence electrons. The Morgan fingerprint density at radius 2 is 2.10 bits per heavy atom. The summed E-state index contributed by atoms with van der Waals surface area (Å²) in [7, 11) is 0. The third-order valence-electron chi connectivity index (χ3n) is 5.08. The van der Waals surface area contributed by atoms with E-state index >= 15 is 0 Å². The Labute approximate surface area is 185 Å². The normalized spacial score (nSPS) is 15.9. The van der Waals surface area contributed by atoms with Crippen molar-refractivity contribution in [1.82, 2.24) is 15.8 Å². The number of ether oxygens (including phenoxy) is 1. The fraction of sp³-hybridized carbons (Fsp3) is 0.409. The topological polar surface area (TPSA) is 101 Å². The van der Waals surface area contributed by atoms with Crippen molar-refractivity contribution in [3.63, 3.8) is 0 Å². The van der Waals surface area contributed by atoms with E-state index in [1.807, 2.05) is 13.0 Å². The number of carbonyl (C=O) groups is 3. The van der Waals surface area contributed by atoms with Crippen LogP contribution in [0.5, 0.6) is 5.75 Å². The number of likely N-dealkylation sites (tertiary alicyclic amines) is 1. The fourth-order valence-corrected chi connectivity index (χ4v) is 3.64. The summed E-state index contributed by atoms with van der Waals surface area (Å²) in [5.41, 5.74) is 5.83. The zero-order valence-electron chi connectivity index (χ0n) is 17.4. The summed E-state index contributed by atoms with van der Waals surface area (Å²) in [4.78, 5) is 38.4. The predicted molar refractivity (Wildman–Crippen MR) is 115 cm³/mol. The van der Waals surface area contributed by atoms with Crippen LogP contribution in [-0.2, 0) is 9.59 Å². The van der Waals surface area contributed by atoms with Crippen molar-refractivity contribution in [2.45, 2.75) is 32.6 Å². The number of amides is 3. The molecule has 1 atom stereocenters. The van der Waals surface area contributed by atoms with Crippen molar-refractivity contribution in [2.24, 2.45) is 5.92 Å². The van der Waals surface area contributed by atoms with Gasteiger partial charge in [-0.25, -0.2) is 0 Å². The molecule has 0 radical (unpaired) electrons. The van der Waals surface area contributed by atoms with E-state index in [4.69, 9.17) is 20.8 Å². The number of rotatable bonds is 7. The molecule has 1 saturated heterocycles. The largest absolute Gasteiger partial charge is 0.493 e. The van der Waals surface area contributed by atoms with Gasteiger partial charge in [0.15, 0.2) is 5.76 Å². The maximum Gasteiger partial charge on any atom is 0.289 e. The van der Waals surface area contributed by atoms with Gasteiger partial charge >= 0.3 is 0 Å². The molecule has 1 fully saturated rings. The molecule has 2 aromatic rings. The summed E-state index contributed by atoms with van der Waals surface area (Å²) in [5, 5.41) is 0.645. The molecule has 1 aromatic carbocycles. The third-order valence-corrected chi connectivity index (χ3v) is 5.31. The molecule has 3 rings (SSSR count). The number of carbonyl (C=O) groups excluding carboxylic acids is 3. The molecule has 8 nitrogen and oxygen atoms in total. The zero-order chi connectivity index (χ0) is 22.2. The molecule has 1 aliphatic heterocycles. The summed E-state index contributed by atoms with van der Waals surface area (Å²) in [6.07, 6.45) is 3.51. The molecule has 2 heterocycles. The highest BCUT2D eigenvalue weighted by atomic mass is 35.5. The van der Waals surface area contributed by atoms with E-state index in [0.29, 0.717) is 37.4 Å². The first-order valence-corrected chi connectivity index (χ1v) is 10.6. The molecule has 0 spiro atoms. The van der Waals surface area contributed by atoms with E-state index in [1.165, 1.54) is 6.26 Å². The summed E-state index contributed by atoms with van der Waals surface area (Å²) < 4.78 is 10.8. The van der Waals surface area contributed by atoms with E-state index in [9.17, 15) is 14.4 Å². The highest BCUT2D eigenvalue weighted by Crippen LogP contribution is 2.22. The van der Waals surface area contributed by atoms with Crippen LogP contribution in [0.2, 0.25) is 5.02 Å². The van der Waals surface area contributed by atoms with Crippen LogP contribution in [-0.4, -0.2) is 42.3 Å². The second kappa shape index (κ2) is 10.9. The van der Waals surface area contributed by atoms with Crippen molar-refractivity contribution < 1.29 is 23.5 Å². The first kappa shape index (κ1) is 22.7. The third kappa shape index (κ3) is 6.49. The van der Waals surface area contributed by atoms with Crippen molar-refractivity contribution in [3.05, 3.63) is 52.9 Å². The Bertz CT molecular complexity index is 916. The molecule has 1 unspecified atom stereocenters. The van der Waals surface area contributed by atoms with E-state index < -0.39 is 0 Å². The fourth-order valence-electron chi connectivity index (χ4n) is 3.42. The lowest BCUT2D eigenvalue weighted by Crippen LogP contribution is -2.50. The second-order valence-corrected chi connectivity index (χ2v) is 7.90.